The summed E-state index contributed by atoms with van der Waals surface area (Å²) < 4.78 is 7.43. The van der Waals surface area contributed by atoms with E-state index in [1.165, 1.54) is 23.2 Å². The van der Waals surface area contributed by atoms with Crippen LogP contribution in [0.25, 0.3) is 22.0 Å². The lowest BCUT2D eigenvalue weighted by molar-refractivity contribution is 0.0696. The first-order valence-corrected chi connectivity index (χ1v) is 11.5. The Hall–Kier alpha value is -4.22. The molecule has 0 radical (unpaired) electrons. The largest absolute Gasteiger partial charge is 0.491 e. The number of carboxylic acid groups (broad SMARTS) is 1. The summed E-state index contributed by atoms with van der Waals surface area (Å²) in [5.41, 5.74) is 2.31. The van der Waals surface area contributed by atoms with Crippen molar-refractivity contribution < 1.29 is 14.6 Å². The van der Waals surface area contributed by atoms with Crippen LogP contribution in [0.4, 0.5) is 0 Å². The summed E-state index contributed by atoms with van der Waals surface area (Å²) >= 11 is 6.28. The number of nitriles is 1. The van der Waals surface area contributed by atoms with Gasteiger partial charge >= 0.3 is 5.97 Å². The molecule has 0 aliphatic carbocycles. The molecule has 0 unspecified atom stereocenters. The van der Waals surface area contributed by atoms with E-state index in [4.69, 9.17) is 21.6 Å². The quantitative estimate of drug-likeness (QED) is 0.391. The minimum absolute atomic E-state index is 0.138. The van der Waals surface area contributed by atoms with Gasteiger partial charge < -0.3 is 9.84 Å². The number of aromatic carboxylic acids is 1. The molecule has 0 bridgehead atoms. The molecule has 0 fully saturated rings. The first-order chi connectivity index (χ1) is 17.1. The number of halogens is 1. The van der Waals surface area contributed by atoms with Gasteiger partial charge in [-0.3, -0.25) is 9.36 Å². The van der Waals surface area contributed by atoms with E-state index in [1.807, 2.05) is 32.9 Å². The zero-order valence-electron chi connectivity index (χ0n) is 19.9. The molecule has 8 nitrogen and oxygen atoms in total. The molecule has 182 valence electrons. The number of hydrogen-bond acceptors (Lipinski definition) is 6. The second-order valence-electron chi connectivity index (χ2n) is 9.28. The predicted molar refractivity (Wildman–Crippen MR) is 137 cm³/mol. The number of ether oxygens (including phenoxy) is 1. The fourth-order valence-corrected chi connectivity index (χ4v) is 3.90. The lowest BCUT2D eigenvalue weighted by atomic mass is 9.84. The maximum absolute atomic E-state index is 12.9. The van der Waals surface area contributed by atoms with E-state index >= 15 is 0 Å². The van der Waals surface area contributed by atoms with Gasteiger partial charge in [0.1, 0.15) is 24.1 Å². The number of carboxylic acids is 1. The van der Waals surface area contributed by atoms with Gasteiger partial charge in [0.05, 0.1) is 35.5 Å². The van der Waals surface area contributed by atoms with Crippen LogP contribution in [0.3, 0.4) is 0 Å². The first-order valence-electron chi connectivity index (χ1n) is 11.1. The molecule has 0 aliphatic heterocycles. The van der Waals surface area contributed by atoms with Crippen LogP contribution in [0.5, 0.6) is 5.75 Å². The fourth-order valence-electron chi connectivity index (χ4n) is 3.73. The smallest absolute Gasteiger partial charge is 0.335 e. The van der Waals surface area contributed by atoms with Crippen LogP contribution >= 0.6 is 11.6 Å². The molecule has 2 heterocycles. The molecule has 36 heavy (non-hydrogen) atoms. The molecule has 0 atom stereocenters. The predicted octanol–water partition coefficient (Wildman–Crippen LogP) is 5.06. The Balaban J connectivity index is 1.65. The lowest BCUT2D eigenvalue weighted by Crippen LogP contribution is -2.23. The minimum atomic E-state index is -1.02. The number of nitrogens with zero attached hydrogens (tertiary/aromatic N) is 4. The number of pyridine rings is 1. The zero-order valence-corrected chi connectivity index (χ0v) is 20.7. The van der Waals surface area contributed by atoms with Gasteiger partial charge in [0.25, 0.3) is 5.56 Å². The minimum Gasteiger partial charge on any atom is -0.491 e. The third-order valence-electron chi connectivity index (χ3n) is 5.71. The van der Waals surface area contributed by atoms with Gasteiger partial charge in [-0.15, -0.1) is 0 Å². The van der Waals surface area contributed by atoms with Gasteiger partial charge in [-0.2, -0.15) is 5.26 Å². The highest BCUT2D eigenvalue weighted by molar-refractivity contribution is 6.31. The molecule has 2 aromatic carbocycles. The molecule has 0 saturated carbocycles. The Bertz CT molecular complexity index is 1580. The molecular weight excluding hydrogens is 480 g/mol. The Kier molecular flexibility index (Phi) is 6.77. The Morgan fingerprint density at radius 3 is 2.64 bits per heavy atom. The van der Waals surface area contributed by atoms with Crippen LogP contribution < -0.4 is 10.3 Å². The summed E-state index contributed by atoms with van der Waals surface area (Å²) in [5.74, 6) is -0.524. The molecule has 4 rings (SSSR count). The van der Waals surface area contributed by atoms with Crippen LogP contribution in [0, 0.1) is 11.3 Å². The molecule has 9 heteroatoms. The van der Waals surface area contributed by atoms with Gasteiger partial charge in [-0.25, -0.2) is 14.8 Å². The molecule has 1 N–H and O–H groups in total. The molecular formula is C27H23ClN4O4. The van der Waals surface area contributed by atoms with Crippen molar-refractivity contribution in [2.45, 2.75) is 32.7 Å². The van der Waals surface area contributed by atoms with Crippen molar-refractivity contribution in [3.63, 3.8) is 0 Å². The normalized spacial score (nSPS) is 11.3. The highest BCUT2D eigenvalue weighted by atomic mass is 35.5. The number of benzene rings is 2. The standard InChI is InChI=1S/C27H23ClN4O4/c1-27(2,3)18-9-16(8-17(10-18)26(34)35)21-11-19(28)4-5-24(21)36-7-6-32-15-31-23-14-30-20(13-29)12-22(23)25(32)33/h4-5,8-12,14-15H,6-7H2,1-3H3,(H,34,35). The average Bonchev–Trinajstić information content (AvgIpc) is 2.85. The van der Waals surface area contributed by atoms with Gasteiger partial charge in [0, 0.05) is 10.6 Å². The van der Waals surface area contributed by atoms with Crippen molar-refractivity contribution in [1.29, 1.82) is 5.26 Å². The van der Waals surface area contributed by atoms with Crippen molar-refractivity contribution in [3.8, 4) is 22.9 Å². The monoisotopic (exact) mass is 502 g/mol. The Labute approximate surface area is 212 Å². The number of aromatic nitrogens is 3. The van der Waals surface area contributed by atoms with E-state index in [1.54, 1.807) is 30.3 Å². The number of hydrogen-bond donors (Lipinski definition) is 1. The van der Waals surface area contributed by atoms with E-state index in [0.29, 0.717) is 32.8 Å². The van der Waals surface area contributed by atoms with E-state index in [2.05, 4.69) is 9.97 Å². The van der Waals surface area contributed by atoms with Crippen LogP contribution in [0.1, 0.15) is 42.4 Å². The highest BCUT2D eigenvalue weighted by Gasteiger charge is 2.19. The zero-order chi connectivity index (χ0) is 26.0. The van der Waals surface area contributed by atoms with E-state index in [0.717, 1.165) is 5.56 Å². The number of rotatable bonds is 6. The Morgan fingerprint density at radius 2 is 1.94 bits per heavy atom. The van der Waals surface area contributed by atoms with Crippen molar-refractivity contribution in [1.82, 2.24) is 14.5 Å². The summed E-state index contributed by atoms with van der Waals surface area (Å²) in [6.07, 6.45) is 2.81. The summed E-state index contributed by atoms with van der Waals surface area (Å²) in [5, 5.41) is 19.5. The topological polar surface area (TPSA) is 118 Å². The van der Waals surface area contributed by atoms with E-state index in [-0.39, 0.29) is 35.4 Å². The molecule has 2 aromatic heterocycles. The maximum atomic E-state index is 12.9. The molecule has 0 aliphatic rings. The maximum Gasteiger partial charge on any atom is 0.335 e. The van der Waals surface area contributed by atoms with Crippen LogP contribution in [-0.2, 0) is 12.0 Å². The number of fused-ring (bicyclic) bond motifs is 1. The molecule has 0 amide bonds. The lowest BCUT2D eigenvalue weighted by Gasteiger charge is -2.21. The average molecular weight is 503 g/mol. The van der Waals surface area contributed by atoms with Crippen molar-refractivity contribution in [2.24, 2.45) is 0 Å². The summed E-state index contributed by atoms with van der Waals surface area (Å²) in [6.45, 7) is 6.38. The van der Waals surface area contributed by atoms with Crippen molar-refractivity contribution >= 4 is 28.5 Å². The molecule has 0 saturated heterocycles. The van der Waals surface area contributed by atoms with E-state index < -0.39 is 5.97 Å². The van der Waals surface area contributed by atoms with E-state index in [9.17, 15) is 14.7 Å². The third-order valence-corrected chi connectivity index (χ3v) is 5.95. The van der Waals surface area contributed by atoms with Gasteiger partial charge in [0.15, 0.2) is 0 Å². The van der Waals surface area contributed by atoms with Crippen LogP contribution in [0.15, 0.2) is 59.8 Å². The van der Waals surface area contributed by atoms with Gasteiger partial charge in [-0.1, -0.05) is 38.4 Å². The Morgan fingerprint density at radius 1 is 1.17 bits per heavy atom. The fraction of sp³-hybridized carbons (Fsp3) is 0.222. The highest BCUT2D eigenvalue weighted by Crippen LogP contribution is 2.36. The molecule has 0 spiro atoms. The molecule has 4 aromatic rings. The third kappa shape index (κ3) is 5.21. The van der Waals surface area contributed by atoms with Crippen LogP contribution in [0.2, 0.25) is 5.02 Å². The number of carbonyl (C=O) groups is 1. The van der Waals surface area contributed by atoms with Crippen molar-refractivity contribution in [2.75, 3.05) is 6.61 Å². The SMILES string of the molecule is CC(C)(C)c1cc(C(=O)O)cc(-c2cc(Cl)ccc2OCCn2cnc3cnc(C#N)cc3c2=O)c1. The van der Waals surface area contributed by atoms with Crippen LogP contribution in [-0.4, -0.2) is 32.2 Å². The van der Waals surface area contributed by atoms with Crippen molar-refractivity contribution in [3.05, 3.63) is 87.2 Å². The first kappa shape index (κ1) is 24.9. The van der Waals surface area contributed by atoms with Gasteiger partial charge in [-0.05, 0) is 52.9 Å². The summed E-state index contributed by atoms with van der Waals surface area (Å²) in [4.78, 5) is 32.8. The summed E-state index contributed by atoms with van der Waals surface area (Å²) in [7, 11) is 0. The second kappa shape index (κ2) is 9.80. The summed E-state index contributed by atoms with van der Waals surface area (Å²) in [6, 6.07) is 13.7. The van der Waals surface area contributed by atoms with Gasteiger partial charge in [0.2, 0.25) is 0 Å². The second-order valence-corrected chi connectivity index (χ2v) is 9.72.